The fourth-order valence-electron chi connectivity index (χ4n) is 2.82. The number of benzene rings is 1. The van der Waals surface area contributed by atoms with Crippen LogP contribution in [-0.4, -0.2) is 12.9 Å². The molecule has 1 aliphatic carbocycles. The van der Waals surface area contributed by atoms with Crippen molar-refractivity contribution >= 4 is 28.7 Å². The molecule has 0 fully saturated rings. The van der Waals surface area contributed by atoms with Crippen LogP contribution < -0.4 is 4.74 Å². The molecule has 2 aromatic rings. The molecule has 0 radical (unpaired) electrons. The van der Waals surface area contributed by atoms with Gasteiger partial charge < -0.3 is 4.74 Å². The maximum Gasteiger partial charge on any atom is 0.174 e. The van der Waals surface area contributed by atoms with Crippen molar-refractivity contribution in [3.63, 3.8) is 0 Å². The average molecular weight is 307 g/mol. The summed E-state index contributed by atoms with van der Waals surface area (Å²) in [4.78, 5) is 14.2. The van der Waals surface area contributed by atoms with E-state index in [4.69, 9.17) is 16.3 Å². The molecule has 1 aromatic carbocycles. The van der Waals surface area contributed by atoms with Gasteiger partial charge in [0, 0.05) is 15.8 Å². The molecule has 0 aliphatic heterocycles. The quantitative estimate of drug-likeness (QED) is 0.767. The van der Waals surface area contributed by atoms with Crippen LogP contribution in [0.5, 0.6) is 5.75 Å². The van der Waals surface area contributed by atoms with Gasteiger partial charge >= 0.3 is 0 Å². The number of ketones is 1. The number of halogens is 1. The van der Waals surface area contributed by atoms with E-state index in [0.29, 0.717) is 16.3 Å². The maximum absolute atomic E-state index is 12.8. The second-order valence-corrected chi connectivity index (χ2v) is 6.39. The number of hydrogen-bond donors (Lipinski definition) is 0. The van der Waals surface area contributed by atoms with Gasteiger partial charge in [-0.2, -0.15) is 0 Å². The van der Waals surface area contributed by atoms with Gasteiger partial charge in [0.15, 0.2) is 5.78 Å². The fraction of sp³-hybridized carbons (Fsp3) is 0.312. The van der Waals surface area contributed by atoms with Gasteiger partial charge in [0.2, 0.25) is 0 Å². The van der Waals surface area contributed by atoms with Gasteiger partial charge in [-0.05, 0) is 54.5 Å². The van der Waals surface area contributed by atoms with E-state index in [1.54, 1.807) is 36.6 Å². The molecule has 0 saturated heterocycles. The van der Waals surface area contributed by atoms with Crippen LogP contribution in [0.4, 0.5) is 0 Å². The summed E-state index contributed by atoms with van der Waals surface area (Å²) in [6.45, 7) is 0. The lowest BCUT2D eigenvalue weighted by atomic mass is 9.82. The first-order valence-electron chi connectivity index (χ1n) is 6.64. The Labute approximate surface area is 127 Å². The van der Waals surface area contributed by atoms with Crippen LogP contribution in [0.15, 0.2) is 29.6 Å². The van der Waals surface area contributed by atoms with E-state index >= 15 is 0 Å². The second kappa shape index (κ2) is 5.58. The topological polar surface area (TPSA) is 26.3 Å². The molecule has 2 nitrogen and oxygen atoms in total. The number of aryl methyl sites for hydroxylation is 1. The maximum atomic E-state index is 12.8. The summed E-state index contributed by atoms with van der Waals surface area (Å²) in [6.07, 6.45) is 3.07. The van der Waals surface area contributed by atoms with Crippen LogP contribution in [0.2, 0.25) is 5.02 Å². The predicted octanol–water partition coefficient (Wildman–Crippen LogP) is 4.71. The third-order valence-electron chi connectivity index (χ3n) is 3.80. The number of carbonyl (C=O) groups excluding carboxylic acids is 1. The van der Waals surface area contributed by atoms with E-state index in [0.717, 1.165) is 19.3 Å². The minimum Gasteiger partial charge on any atom is -0.496 e. The Morgan fingerprint density at radius 2 is 2.25 bits per heavy atom. The minimum absolute atomic E-state index is 0.0416. The van der Waals surface area contributed by atoms with Crippen LogP contribution >= 0.6 is 22.9 Å². The Balaban J connectivity index is 1.99. The fourth-order valence-corrected chi connectivity index (χ4v) is 3.96. The zero-order chi connectivity index (χ0) is 14.1. The summed E-state index contributed by atoms with van der Waals surface area (Å²) in [5.41, 5.74) is 1.82. The lowest BCUT2D eigenvalue weighted by molar-refractivity contribution is 0.0948. The van der Waals surface area contributed by atoms with Crippen LogP contribution in [0.1, 0.15) is 39.6 Å². The zero-order valence-electron chi connectivity index (χ0n) is 11.2. The van der Waals surface area contributed by atoms with Crippen molar-refractivity contribution in [3.05, 3.63) is 50.7 Å². The van der Waals surface area contributed by atoms with Crippen molar-refractivity contribution in [2.24, 2.45) is 0 Å². The number of hydrogen-bond acceptors (Lipinski definition) is 3. The second-order valence-electron chi connectivity index (χ2n) is 4.95. The van der Waals surface area contributed by atoms with Gasteiger partial charge in [0.1, 0.15) is 5.75 Å². The van der Waals surface area contributed by atoms with Gasteiger partial charge in [-0.15, -0.1) is 11.3 Å². The summed E-state index contributed by atoms with van der Waals surface area (Å²) in [5, 5.41) is 2.66. The number of rotatable bonds is 3. The molecule has 1 heterocycles. The van der Waals surface area contributed by atoms with E-state index in [2.05, 4.69) is 11.4 Å². The van der Waals surface area contributed by atoms with Crippen LogP contribution in [0, 0.1) is 0 Å². The van der Waals surface area contributed by atoms with Gasteiger partial charge in [-0.25, -0.2) is 0 Å². The highest BCUT2D eigenvalue weighted by Crippen LogP contribution is 2.38. The molecule has 0 spiro atoms. The molecule has 1 atom stereocenters. The van der Waals surface area contributed by atoms with Crippen molar-refractivity contribution in [1.82, 2.24) is 0 Å². The highest BCUT2D eigenvalue weighted by Gasteiger charge is 2.29. The molecule has 1 aliphatic rings. The summed E-state index contributed by atoms with van der Waals surface area (Å²) >= 11 is 7.71. The Bertz CT molecular complexity index is 648. The van der Waals surface area contributed by atoms with E-state index in [-0.39, 0.29) is 11.7 Å². The third kappa shape index (κ3) is 2.36. The Kier molecular flexibility index (Phi) is 3.81. The van der Waals surface area contributed by atoms with Crippen LogP contribution in [0.25, 0.3) is 0 Å². The largest absolute Gasteiger partial charge is 0.496 e. The number of carbonyl (C=O) groups is 1. The number of thiophene rings is 1. The molecule has 104 valence electrons. The van der Waals surface area contributed by atoms with Crippen molar-refractivity contribution in [1.29, 1.82) is 0 Å². The molecule has 0 saturated carbocycles. The SMILES string of the molecule is COc1cc(Cl)ccc1C(=O)C1CCCc2sccc21. The molecule has 1 unspecified atom stereocenters. The molecule has 1 aromatic heterocycles. The molecule has 4 heteroatoms. The first-order valence-corrected chi connectivity index (χ1v) is 7.90. The van der Waals surface area contributed by atoms with Gasteiger partial charge in [0.25, 0.3) is 0 Å². The van der Waals surface area contributed by atoms with E-state index in [1.165, 1.54) is 10.4 Å². The average Bonchev–Trinajstić information content (AvgIpc) is 2.94. The number of fused-ring (bicyclic) bond motifs is 1. The Morgan fingerprint density at radius 1 is 1.40 bits per heavy atom. The summed E-state index contributed by atoms with van der Waals surface area (Å²) in [5.74, 6) is 0.655. The van der Waals surface area contributed by atoms with E-state index in [1.807, 2.05) is 0 Å². The van der Waals surface area contributed by atoms with Crippen molar-refractivity contribution in [3.8, 4) is 5.75 Å². The third-order valence-corrected chi connectivity index (χ3v) is 5.03. The van der Waals surface area contributed by atoms with Crippen LogP contribution in [-0.2, 0) is 6.42 Å². The van der Waals surface area contributed by atoms with Gasteiger partial charge in [-0.3, -0.25) is 4.79 Å². The number of Topliss-reactive ketones (excluding diaryl/α,β-unsaturated/α-hetero) is 1. The first kappa shape index (κ1) is 13.7. The molecular formula is C16H15ClO2S. The first-order chi connectivity index (χ1) is 9.70. The predicted molar refractivity (Wildman–Crippen MR) is 82.3 cm³/mol. The highest BCUT2D eigenvalue weighted by molar-refractivity contribution is 7.10. The smallest absolute Gasteiger partial charge is 0.174 e. The van der Waals surface area contributed by atoms with Crippen molar-refractivity contribution in [2.75, 3.05) is 7.11 Å². The molecule has 20 heavy (non-hydrogen) atoms. The lowest BCUT2D eigenvalue weighted by Gasteiger charge is -2.22. The van der Waals surface area contributed by atoms with Crippen molar-refractivity contribution in [2.45, 2.75) is 25.2 Å². The molecule has 0 N–H and O–H groups in total. The highest BCUT2D eigenvalue weighted by atomic mass is 35.5. The molecule has 0 amide bonds. The van der Waals surface area contributed by atoms with E-state index in [9.17, 15) is 4.79 Å². The summed E-state index contributed by atoms with van der Waals surface area (Å²) < 4.78 is 5.30. The van der Waals surface area contributed by atoms with E-state index < -0.39 is 0 Å². The molecular weight excluding hydrogens is 292 g/mol. The monoisotopic (exact) mass is 306 g/mol. The van der Waals surface area contributed by atoms with Crippen LogP contribution in [0.3, 0.4) is 0 Å². The van der Waals surface area contributed by atoms with Crippen molar-refractivity contribution < 1.29 is 9.53 Å². The molecule has 3 rings (SSSR count). The van der Waals surface area contributed by atoms with Gasteiger partial charge in [0.05, 0.1) is 12.7 Å². The zero-order valence-corrected chi connectivity index (χ0v) is 12.8. The normalized spacial score (nSPS) is 17.6. The lowest BCUT2D eigenvalue weighted by Crippen LogP contribution is -2.18. The van der Waals surface area contributed by atoms with Gasteiger partial charge in [-0.1, -0.05) is 11.6 Å². The molecule has 0 bridgehead atoms. The number of ether oxygens (including phenoxy) is 1. The Morgan fingerprint density at radius 3 is 3.05 bits per heavy atom. The summed E-state index contributed by atoms with van der Waals surface area (Å²) in [7, 11) is 1.57. The Hall–Kier alpha value is -1.32. The minimum atomic E-state index is -0.0416. The standard InChI is InChI=1S/C16H15ClO2S/c1-19-14-9-10(17)5-6-13(14)16(18)12-3-2-4-15-11(12)7-8-20-15/h5-9,12H,2-4H2,1H3. The number of methoxy groups -OCH3 is 1. The summed E-state index contributed by atoms with van der Waals surface area (Å²) in [6, 6.07) is 7.30.